The molecule has 1 saturated heterocycles. The van der Waals surface area contributed by atoms with Crippen LogP contribution in [0, 0.1) is 5.92 Å². The lowest BCUT2D eigenvalue weighted by atomic mass is 9.80. The first-order chi connectivity index (χ1) is 12.2. The fourth-order valence-electron chi connectivity index (χ4n) is 4.89. The first-order valence-electron chi connectivity index (χ1n) is 8.86. The van der Waals surface area contributed by atoms with E-state index in [2.05, 4.69) is 30.1 Å². The van der Waals surface area contributed by atoms with Crippen molar-refractivity contribution in [2.24, 2.45) is 5.92 Å². The first kappa shape index (κ1) is 16.7. The summed E-state index contributed by atoms with van der Waals surface area (Å²) in [6.07, 6.45) is 2.44. The van der Waals surface area contributed by atoms with Crippen molar-refractivity contribution in [3.05, 3.63) is 58.1 Å². The van der Waals surface area contributed by atoms with Gasteiger partial charge in [0.2, 0.25) is 0 Å². The number of hydrogen-bond acceptors (Lipinski definition) is 3. The topological polar surface area (TPSA) is 21.7 Å². The zero-order valence-corrected chi connectivity index (χ0v) is 15.7. The Balaban J connectivity index is 1.95. The lowest BCUT2D eigenvalue weighted by Gasteiger charge is -2.37. The molecule has 2 aliphatic rings. The van der Waals surface area contributed by atoms with Crippen molar-refractivity contribution in [3.63, 3.8) is 0 Å². The van der Waals surface area contributed by atoms with Crippen molar-refractivity contribution < 1.29 is 9.47 Å². The molecule has 25 heavy (non-hydrogen) atoms. The van der Waals surface area contributed by atoms with Crippen molar-refractivity contribution >= 4 is 11.6 Å². The Morgan fingerprint density at radius 1 is 1.12 bits per heavy atom. The van der Waals surface area contributed by atoms with Crippen molar-refractivity contribution in [2.75, 3.05) is 27.8 Å². The zero-order chi connectivity index (χ0) is 17.6. The Kier molecular flexibility index (Phi) is 4.38. The second-order valence-electron chi connectivity index (χ2n) is 7.07. The van der Waals surface area contributed by atoms with Crippen LogP contribution < -0.4 is 9.47 Å². The minimum absolute atomic E-state index is 0.284. The molecular formula is C21H24ClNO2. The van der Waals surface area contributed by atoms with Gasteiger partial charge in [-0.25, -0.2) is 0 Å². The van der Waals surface area contributed by atoms with Gasteiger partial charge in [0.15, 0.2) is 11.5 Å². The van der Waals surface area contributed by atoms with Crippen molar-refractivity contribution in [3.8, 4) is 11.5 Å². The van der Waals surface area contributed by atoms with Gasteiger partial charge in [0.05, 0.1) is 14.2 Å². The third kappa shape index (κ3) is 2.61. The van der Waals surface area contributed by atoms with Crippen molar-refractivity contribution in [2.45, 2.75) is 24.8 Å². The number of nitrogens with zero attached hydrogens (tertiary/aromatic N) is 1. The molecule has 1 aliphatic heterocycles. The van der Waals surface area contributed by atoms with Gasteiger partial charge in [-0.15, -0.1) is 0 Å². The molecule has 132 valence electrons. The SMILES string of the molecule is COc1ccc2c(c1OC)C(c1cccc(Cl)c1)C1CCCN(C)C21. The fourth-order valence-corrected chi connectivity index (χ4v) is 5.09. The van der Waals surface area contributed by atoms with E-state index in [4.69, 9.17) is 21.1 Å². The van der Waals surface area contributed by atoms with Crippen LogP contribution in [0.2, 0.25) is 5.02 Å². The van der Waals surface area contributed by atoms with E-state index >= 15 is 0 Å². The molecule has 0 bridgehead atoms. The summed E-state index contributed by atoms with van der Waals surface area (Å²) in [5.74, 6) is 2.49. The summed E-state index contributed by atoms with van der Waals surface area (Å²) in [5, 5.41) is 0.786. The average Bonchev–Trinajstić information content (AvgIpc) is 2.96. The van der Waals surface area contributed by atoms with E-state index in [-0.39, 0.29) is 5.92 Å². The van der Waals surface area contributed by atoms with Gasteiger partial charge < -0.3 is 9.47 Å². The molecule has 0 aromatic heterocycles. The molecule has 3 unspecified atom stereocenters. The summed E-state index contributed by atoms with van der Waals surface area (Å²) in [4.78, 5) is 2.49. The molecule has 0 N–H and O–H groups in total. The summed E-state index contributed by atoms with van der Waals surface area (Å²) < 4.78 is 11.4. The lowest BCUT2D eigenvalue weighted by molar-refractivity contribution is 0.127. The van der Waals surface area contributed by atoms with E-state index in [1.807, 2.05) is 18.2 Å². The quantitative estimate of drug-likeness (QED) is 0.781. The summed E-state index contributed by atoms with van der Waals surface area (Å²) in [5.41, 5.74) is 3.91. The molecular weight excluding hydrogens is 334 g/mol. The maximum Gasteiger partial charge on any atom is 0.164 e. The molecule has 2 aromatic rings. The fraction of sp³-hybridized carbons (Fsp3) is 0.429. The maximum absolute atomic E-state index is 6.32. The number of piperidine rings is 1. The molecule has 0 saturated carbocycles. The van der Waals surface area contributed by atoms with Gasteiger partial charge in [-0.1, -0.05) is 29.8 Å². The number of halogens is 1. The van der Waals surface area contributed by atoms with Gasteiger partial charge in [0, 0.05) is 22.5 Å². The van der Waals surface area contributed by atoms with Crippen LogP contribution in [0.1, 0.15) is 41.5 Å². The average molecular weight is 358 g/mol. The molecule has 0 spiro atoms. The van der Waals surface area contributed by atoms with Crippen LogP contribution in [0.4, 0.5) is 0 Å². The van der Waals surface area contributed by atoms with Gasteiger partial charge in [-0.3, -0.25) is 4.90 Å². The number of likely N-dealkylation sites (tertiary alicyclic amines) is 1. The summed E-state index contributed by atoms with van der Waals surface area (Å²) in [6, 6.07) is 13.0. The van der Waals surface area contributed by atoms with Crippen LogP contribution >= 0.6 is 11.6 Å². The number of ether oxygens (including phenoxy) is 2. The molecule has 1 heterocycles. The van der Waals surface area contributed by atoms with Crippen LogP contribution in [0.15, 0.2) is 36.4 Å². The molecule has 4 heteroatoms. The smallest absolute Gasteiger partial charge is 0.164 e. The third-order valence-corrected chi connectivity index (χ3v) is 6.05. The highest BCUT2D eigenvalue weighted by atomic mass is 35.5. The first-order valence-corrected chi connectivity index (χ1v) is 9.24. The predicted octanol–water partition coefficient (Wildman–Crippen LogP) is 4.89. The summed E-state index contributed by atoms with van der Waals surface area (Å²) in [6.45, 7) is 1.14. The number of methoxy groups -OCH3 is 2. The normalized spacial score (nSPS) is 25.4. The van der Waals surface area contributed by atoms with Gasteiger partial charge in [0.25, 0.3) is 0 Å². The summed E-state index contributed by atoms with van der Waals surface area (Å²) >= 11 is 6.32. The summed E-state index contributed by atoms with van der Waals surface area (Å²) in [7, 11) is 5.67. The maximum atomic E-state index is 6.32. The highest BCUT2D eigenvalue weighted by Gasteiger charge is 2.46. The van der Waals surface area contributed by atoms with E-state index in [1.54, 1.807) is 14.2 Å². The van der Waals surface area contributed by atoms with Crippen LogP contribution in [-0.4, -0.2) is 32.7 Å². The van der Waals surface area contributed by atoms with Gasteiger partial charge in [-0.2, -0.15) is 0 Å². The van der Waals surface area contributed by atoms with E-state index in [0.29, 0.717) is 12.0 Å². The van der Waals surface area contributed by atoms with E-state index in [9.17, 15) is 0 Å². The third-order valence-electron chi connectivity index (χ3n) is 5.81. The van der Waals surface area contributed by atoms with Crippen molar-refractivity contribution in [1.29, 1.82) is 0 Å². The van der Waals surface area contributed by atoms with E-state index < -0.39 is 0 Å². The Labute approximate surface area is 154 Å². The lowest BCUT2D eigenvalue weighted by Crippen LogP contribution is -2.34. The Morgan fingerprint density at radius 2 is 1.96 bits per heavy atom. The molecule has 0 amide bonds. The highest BCUT2D eigenvalue weighted by Crippen LogP contribution is 2.58. The van der Waals surface area contributed by atoms with Gasteiger partial charge in [-0.05, 0) is 61.7 Å². The molecule has 4 rings (SSSR count). The molecule has 3 atom stereocenters. The predicted molar refractivity (Wildman–Crippen MR) is 101 cm³/mol. The second kappa shape index (κ2) is 6.54. The Hall–Kier alpha value is -1.71. The number of rotatable bonds is 3. The Morgan fingerprint density at radius 3 is 2.68 bits per heavy atom. The molecule has 1 fully saturated rings. The Bertz CT molecular complexity index is 791. The van der Waals surface area contributed by atoms with Crippen LogP contribution in [-0.2, 0) is 0 Å². The van der Waals surface area contributed by atoms with Gasteiger partial charge >= 0.3 is 0 Å². The van der Waals surface area contributed by atoms with Crippen LogP contribution in [0.5, 0.6) is 11.5 Å². The number of benzene rings is 2. The van der Waals surface area contributed by atoms with Crippen molar-refractivity contribution in [1.82, 2.24) is 4.90 Å². The van der Waals surface area contributed by atoms with E-state index in [1.165, 1.54) is 29.5 Å². The minimum atomic E-state index is 0.284. The van der Waals surface area contributed by atoms with E-state index in [0.717, 1.165) is 23.1 Å². The largest absolute Gasteiger partial charge is 0.493 e. The van der Waals surface area contributed by atoms with Crippen LogP contribution in [0.25, 0.3) is 0 Å². The minimum Gasteiger partial charge on any atom is -0.493 e. The molecule has 1 aliphatic carbocycles. The van der Waals surface area contributed by atoms with Gasteiger partial charge in [0.1, 0.15) is 0 Å². The number of hydrogen-bond donors (Lipinski definition) is 0. The zero-order valence-electron chi connectivity index (χ0n) is 15.0. The molecule has 3 nitrogen and oxygen atoms in total. The number of fused-ring (bicyclic) bond motifs is 3. The highest BCUT2D eigenvalue weighted by molar-refractivity contribution is 6.30. The van der Waals surface area contributed by atoms with Crippen LogP contribution in [0.3, 0.4) is 0 Å². The standard InChI is InChI=1S/C21H24ClNO2/c1-23-11-5-8-15-18(13-6-4-7-14(22)12-13)19-16(20(15)23)9-10-17(24-2)21(19)25-3/h4,6-7,9-10,12,15,18,20H,5,8,11H2,1-3H3. The molecule has 0 radical (unpaired) electrons. The molecule has 2 aromatic carbocycles. The monoisotopic (exact) mass is 357 g/mol. The second-order valence-corrected chi connectivity index (χ2v) is 7.50.